The Morgan fingerprint density at radius 3 is 3.05 bits per heavy atom. The van der Waals surface area contributed by atoms with E-state index in [4.69, 9.17) is 9.84 Å². The predicted molar refractivity (Wildman–Crippen MR) is 70.5 cm³/mol. The number of ether oxygens (including phenoxy) is 1. The monoisotopic (exact) mass is 265 g/mol. The van der Waals surface area contributed by atoms with Crippen LogP contribution in [0.3, 0.4) is 0 Å². The molecule has 0 aromatic carbocycles. The number of aliphatic carboxylic acids is 1. The molecule has 1 unspecified atom stereocenters. The largest absolute Gasteiger partial charge is 0.481 e. The van der Waals surface area contributed by atoms with Crippen molar-refractivity contribution in [3.63, 3.8) is 0 Å². The van der Waals surface area contributed by atoms with Gasteiger partial charge in [0.25, 0.3) is 0 Å². The first kappa shape index (κ1) is 13.6. The zero-order valence-electron chi connectivity index (χ0n) is 11.3. The van der Waals surface area contributed by atoms with Gasteiger partial charge in [0.15, 0.2) is 0 Å². The lowest BCUT2D eigenvalue weighted by molar-refractivity contribution is -0.137. The minimum absolute atomic E-state index is 0.197. The molecule has 104 valence electrons. The molecular formula is C13H19N3O3. The topological polar surface area (TPSA) is 75.6 Å². The van der Waals surface area contributed by atoms with Crippen LogP contribution in [0.5, 0.6) is 5.88 Å². The Balaban J connectivity index is 2.11. The number of hydrogen-bond acceptors (Lipinski definition) is 5. The number of carboxylic acid groups (broad SMARTS) is 1. The van der Waals surface area contributed by atoms with Crippen LogP contribution < -0.4 is 9.64 Å². The van der Waals surface area contributed by atoms with Crippen molar-refractivity contribution in [3.05, 3.63) is 11.9 Å². The summed E-state index contributed by atoms with van der Waals surface area (Å²) >= 11 is 0. The average Bonchev–Trinajstić information content (AvgIpc) is 2.79. The molecule has 6 heteroatoms. The Kier molecular flexibility index (Phi) is 4.19. The first-order valence-corrected chi connectivity index (χ1v) is 6.53. The molecule has 1 saturated heterocycles. The molecule has 1 N–H and O–H groups in total. The number of anilines is 1. The summed E-state index contributed by atoms with van der Waals surface area (Å²) in [6.07, 6.45) is 2.61. The van der Waals surface area contributed by atoms with Gasteiger partial charge in [-0.05, 0) is 26.2 Å². The van der Waals surface area contributed by atoms with Crippen LogP contribution in [0.2, 0.25) is 0 Å². The van der Waals surface area contributed by atoms with Crippen molar-refractivity contribution in [1.82, 2.24) is 9.97 Å². The van der Waals surface area contributed by atoms with Crippen LogP contribution in [-0.4, -0.2) is 40.7 Å². The van der Waals surface area contributed by atoms with Crippen LogP contribution in [0, 0.1) is 12.8 Å². The summed E-state index contributed by atoms with van der Waals surface area (Å²) < 4.78 is 5.46. The third-order valence-corrected chi connectivity index (χ3v) is 3.34. The summed E-state index contributed by atoms with van der Waals surface area (Å²) in [6, 6.07) is 0. The van der Waals surface area contributed by atoms with E-state index in [2.05, 4.69) is 14.9 Å². The minimum Gasteiger partial charge on any atom is -0.481 e. The molecule has 2 rings (SSSR count). The van der Waals surface area contributed by atoms with Gasteiger partial charge < -0.3 is 14.7 Å². The van der Waals surface area contributed by atoms with Crippen molar-refractivity contribution < 1.29 is 14.6 Å². The van der Waals surface area contributed by atoms with Gasteiger partial charge in [-0.3, -0.25) is 4.79 Å². The standard InChI is InChI=1S/C13H19N3O3/c1-3-19-13-9(2)12(14-8-15-13)16-5-4-10(7-16)6-11(17)18/h8,10H,3-7H2,1-2H3,(H,17,18). The number of hydrogen-bond donors (Lipinski definition) is 1. The Morgan fingerprint density at radius 1 is 1.58 bits per heavy atom. The van der Waals surface area contributed by atoms with Crippen molar-refractivity contribution in [2.24, 2.45) is 5.92 Å². The van der Waals surface area contributed by atoms with E-state index in [9.17, 15) is 4.79 Å². The second kappa shape index (κ2) is 5.86. The van der Waals surface area contributed by atoms with Gasteiger partial charge >= 0.3 is 5.97 Å². The second-order valence-electron chi connectivity index (χ2n) is 4.76. The number of rotatable bonds is 5. The Labute approximate surface area is 112 Å². The third-order valence-electron chi connectivity index (χ3n) is 3.34. The van der Waals surface area contributed by atoms with Crippen LogP contribution in [-0.2, 0) is 4.79 Å². The van der Waals surface area contributed by atoms with Crippen LogP contribution in [0.25, 0.3) is 0 Å². The van der Waals surface area contributed by atoms with E-state index in [-0.39, 0.29) is 12.3 Å². The van der Waals surface area contributed by atoms with Crippen LogP contribution in [0.1, 0.15) is 25.3 Å². The minimum atomic E-state index is -0.735. The Hall–Kier alpha value is -1.85. The molecule has 1 aliphatic heterocycles. The van der Waals surface area contributed by atoms with E-state index >= 15 is 0 Å². The fourth-order valence-corrected chi connectivity index (χ4v) is 2.46. The summed E-state index contributed by atoms with van der Waals surface area (Å²) in [4.78, 5) is 21.3. The maximum absolute atomic E-state index is 10.7. The molecule has 0 spiro atoms. The molecule has 0 bridgehead atoms. The molecule has 6 nitrogen and oxygen atoms in total. The lowest BCUT2D eigenvalue weighted by Crippen LogP contribution is -2.23. The summed E-state index contributed by atoms with van der Waals surface area (Å²) in [5.74, 6) is 0.921. The molecule has 1 aromatic heterocycles. The number of aromatic nitrogens is 2. The van der Waals surface area contributed by atoms with Crippen molar-refractivity contribution in [3.8, 4) is 5.88 Å². The van der Waals surface area contributed by atoms with Gasteiger partial charge in [0.1, 0.15) is 12.1 Å². The SMILES string of the molecule is CCOc1ncnc(N2CCC(CC(=O)O)C2)c1C. The van der Waals surface area contributed by atoms with E-state index in [0.29, 0.717) is 12.5 Å². The van der Waals surface area contributed by atoms with Gasteiger partial charge in [-0.2, -0.15) is 0 Å². The first-order chi connectivity index (χ1) is 9.11. The molecule has 1 fully saturated rings. The lowest BCUT2D eigenvalue weighted by atomic mass is 10.1. The number of carbonyl (C=O) groups is 1. The fraction of sp³-hybridized carbons (Fsp3) is 0.615. The molecule has 0 aliphatic carbocycles. The Bertz CT molecular complexity index is 464. The molecule has 2 heterocycles. The smallest absolute Gasteiger partial charge is 0.303 e. The number of nitrogens with zero attached hydrogens (tertiary/aromatic N) is 3. The molecule has 19 heavy (non-hydrogen) atoms. The highest BCUT2D eigenvalue weighted by atomic mass is 16.5. The highest BCUT2D eigenvalue weighted by molar-refractivity contribution is 5.67. The van der Waals surface area contributed by atoms with E-state index < -0.39 is 5.97 Å². The van der Waals surface area contributed by atoms with Crippen molar-refractivity contribution in [2.75, 3.05) is 24.6 Å². The lowest BCUT2D eigenvalue weighted by Gasteiger charge is -2.20. The third kappa shape index (κ3) is 3.13. The molecule has 1 aliphatic rings. The summed E-state index contributed by atoms with van der Waals surface area (Å²) in [6.45, 7) is 5.99. The zero-order chi connectivity index (χ0) is 13.8. The summed E-state index contributed by atoms with van der Waals surface area (Å²) in [5, 5.41) is 8.84. The van der Waals surface area contributed by atoms with Crippen molar-refractivity contribution >= 4 is 11.8 Å². The Morgan fingerprint density at radius 2 is 2.37 bits per heavy atom. The zero-order valence-corrected chi connectivity index (χ0v) is 11.3. The van der Waals surface area contributed by atoms with Crippen LogP contribution >= 0.6 is 0 Å². The maximum atomic E-state index is 10.7. The van der Waals surface area contributed by atoms with Gasteiger partial charge in [0.05, 0.1) is 12.2 Å². The molecule has 0 saturated carbocycles. The molecular weight excluding hydrogens is 246 g/mol. The van der Waals surface area contributed by atoms with Gasteiger partial charge in [-0.15, -0.1) is 0 Å². The fourth-order valence-electron chi connectivity index (χ4n) is 2.46. The number of carboxylic acids is 1. The summed E-state index contributed by atoms with van der Waals surface area (Å²) in [5.41, 5.74) is 0.917. The van der Waals surface area contributed by atoms with Gasteiger partial charge in [-0.1, -0.05) is 0 Å². The van der Waals surface area contributed by atoms with Gasteiger partial charge in [-0.25, -0.2) is 9.97 Å². The van der Waals surface area contributed by atoms with E-state index in [1.165, 1.54) is 6.33 Å². The maximum Gasteiger partial charge on any atom is 0.303 e. The normalized spacial score (nSPS) is 18.6. The van der Waals surface area contributed by atoms with Crippen molar-refractivity contribution in [2.45, 2.75) is 26.7 Å². The van der Waals surface area contributed by atoms with Crippen molar-refractivity contribution in [1.29, 1.82) is 0 Å². The van der Waals surface area contributed by atoms with Gasteiger partial charge in [0, 0.05) is 19.5 Å². The highest BCUT2D eigenvalue weighted by Gasteiger charge is 2.27. The molecule has 0 radical (unpaired) electrons. The first-order valence-electron chi connectivity index (χ1n) is 6.53. The predicted octanol–water partition coefficient (Wildman–Crippen LogP) is 1.48. The molecule has 0 amide bonds. The summed E-state index contributed by atoms with van der Waals surface area (Å²) in [7, 11) is 0. The quantitative estimate of drug-likeness (QED) is 0.869. The van der Waals surface area contributed by atoms with Crippen LogP contribution in [0.15, 0.2) is 6.33 Å². The van der Waals surface area contributed by atoms with E-state index in [0.717, 1.165) is 30.9 Å². The molecule has 1 aromatic rings. The second-order valence-corrected chi connectivity index (χ2v) is 4.76. The van der Waals surface area contributed by atoms with E-state index in [1.54, 1.807) is 0 Å². The highest BCUT2D eigenvalue weighted by Crippen LogP contribution is 2.29. The van der Waals surface area contributed by atoms with Gasteiger partial charge in [0.2, 0.25) is 5.88 Å². The molecule has 1 atom stereocenters. The van der Waals surface area contributed by atoms with Crippen LogP contribution in [0.4, 0.5) is 5.82 Å². The average molecular weight is 265 g/mol. The van der Waals surface area contributed by atoms with E-state index in [1.807, 2.05) is 13.8 Å².